The lowest BCUT2D eigenvalue weighted by Gasteiger charge is -2.11. The van der Waals surface area contributed by atoms with Crippen molar-refractivity contribution in [1.82, 2.24) is 24.5 Å². The van der Waals surface area contributed by atoms with Gasteiger partial charge in [0.25, 0.3) is 5.56 Å². The molecule has 3 heterocycles. The highest BCUT2D eigenvalue weighted by Gasteiger charge is 2.21. The zero-order chi connectivity index (χ0) is 15.7. The summed E-state index contributed by atoms with van der Waals surface area (Å²) in [5.41, 5.74) is 1.55. The van der Waals surface area contributed by atoms with Crippen molar-refractivity contribution in [1.29, 1.82) is 0 Å². The van der Waals surface area contributed by atoms with Crippen molar-refractivity contribution in [3.05, 3.63) is 46.3 Å². The molecule has 0 fully saturated rings. The summed E-state index contributed by atoms with van der Waals surface area (Å²) in [5.74, 6) is -0.527. The van der Waals surface area contributed by atoms with Crippen molar-refractivity contribution in [2.24, 2.45) is 0 Å². The molecule has 0 radical (unpaired) electrons. The van der Waals surface area contributed by atoms with E-state index in [1.807, 2.05) is 19.2 Å². The molecule has 8 heteroatoms. The number of fused-ring (bicyclic) bond motifs is 1. The van der Waals surface area contributed by atoms with Crippen LogP contribution in [-0.2, 0) is 17.8 Å². The van der Waals surface area contributed by atoms with Crippen molar-refractivity contribution in [3.63, 3.8) is 0 Å². The summed E-state index contributed by atoms with van der Waals surface area (Å²) >= 11 is 0. The van der Waals surface area contributed by atoms with Gasteiger partial charge in [-0.25, -0.2) is 9.89 Å². The number of aromatic nitrogens is 5. The minimum atomic E-state index is -0.527. The van der Waals surface area contributed by atoms with Crippen LogP contribution in [0.3, 0.4) is 0 Å². The topological polar surface area (TPSA) is 94.8 Å². The molecule has 22 heavy (non-hydrogen) atoms. The van der Waals surface area contributed by atoms with Crippen LogP contribution in [0.15, 0.2) is 29.5 Å². The number of rotatable bonds is 4. The molecule has 0 aliphatic carbocycles. The molecule has 0 saturated carbocycles. The Bertz CT molecular complexity index is 844. The highest BCUT2D eigenvalue weighted by atomic mass is 16.5. The Balaban J connectivity index is 1.95. The summed E-state index contributed by atoms with van der Waals surface area (Å²) in [6, 6.07) is 1.92. The highest BCUT2D eigenvalue weighted by Crippen LogP contribution is 2.20. The minimum Gasteiger partial charge on any atom is -0.465 e. The van der Waals surface area contributed by atoms with Crippen molar-refractivity contribution in [2.75, 3.05) is 7.11 Å². The number of pyridine rings is 1. The maximum atomic E-state index is 11.9. The quantitative estimate of drug-likeness (QED) is 0.715. The van der Waals surface area contributed by atoms with Gasteiger partial charge in [0.1, 0.15) is 11.3 Å². The average Bonchev–Trinajstić information content (AvgIpc) is 3.10. The fourth-order valence-corrected chi connectivity index (χ4v) is 2.28. The molecule has 1 aromatic rings. The van der Waals surface area contributed by atoms with Gasteiger partial charge in [0, 0.05) is 25.1 Å². The van der Waals surface area contributed by atoms with E-state index in [9.17, 15) is 9.59 Å². The first kappa shape index (κ1) is 14.1. The van der Waals surface area contributed by atoms with Gasteiger partial charge in [-0.05, 0) is 13.0 Å². The second kappa shape index (κ2) is 5.47. The third kappa shape index (κ3) is 2.50. The zero-order valence-electron chi connectivity index (χ0n) is 12.2. The number of esters is 1. The number of carbonyl (C=O) groups is 1. The number of H-pyrrole nitrogens is 1. The zero-order valence-corrected chi connectivity index (χ0v) is 12.2. The van der Waals surface area contributed by atoms with Gasteiger partial charge < -0.3 is 9.30 Å². The SMILES string of the molecule is COC(=O)c1cn(CCn2ccc(C)n2)cc2c(=O)[nH]nc1-2. The number of ether oxygens (including phenoxy) is 1. The lowest BCUT2D eigenvalue weighted by atomic mass is 10.1. The fraction of sp³-hybridized carbons (Fsp3) is 0.286. The predicted octanol–water partition coefficient (Wildman–Crippen LogP) is 0.668. The van der Waals surface area contributed by atoms with Crippen LogP contribution >= 0.6 is 0 Å². The molecular formula is C14H15N5O3. The van der Waals surface area contributed by atoms with E-state index in [1.54, 1.807) is 21.6 Å². The molecule has 2 aliphatic rings. The summed E-state index contributed by atoms with van der Waals surface area (Å²) in [4.78, 5) is 23.6. The molecule has 8 nitrogen and oxygen atoms in total. The molecule has 0 amide bonds. The molecule has 0 aromatic carbocycles. The first-order chi connectivity index (χ1) is 10.6. The Kier molecular flexibility index (Phi) is 3.50. The second-order valence-corrected chi connectivity index (χ2v) is 4.94. The smallest absolute Gasteiger partial charge is 0.341 e. The van der Waals surface area contributed by atoms with Gasteiger partial charge in [0.05, 0.1) is 24.9 Å². The number of aromatic amines is 1. The van der Waals surface area contributed by atoms with E-state index in [-0.39, 0.29) is 11.1 Å². The van der Waals surface area contributed by atoms with Crippen LogP contribution in [0.25, 0.3) is 11.3 Å². The van der Waals surface area contributed by atoms with Gasteiger partial charge in [0.15, 0.2) is 0 Å². The maximum absolute atomic E-state index is 11.9. The standard InChI is InChI=1S/C14H15N5O3/c1-9-3-4-19(17-9)6-5-18-7-10-12(15-16-13(10)20)11(8-18)14(21)22-2/h3-4,7-8H,5-6H2,1-2H3,(H,16,20). The van der Waals surface area contributed by atoms with Crippen LogP contribution < -0.4 is 5.56 Å². The number of nitrogens with one attached hydrogen (secondary N) is 1. The highest BCUT2D eigenvalue weighted by molar-refractivity contribution is 5.95. The Morgan fingerprint density at radius 3 is 2.86 bits per heavy atom. The first-order valence-corrected chi connectivity index (χ1v) is 6.75. The van der Waals surface area contributed by atoms with Gasteiger partial charge in [0.2, 0.25) is 0 Å². The molecule has 0 saturated heterocycles. The van der Waals surface area contributed by atoms with Gasteiger partial charge in [-0.2, -0.15) is 10.2 Å². The normalized spacial score (nSPS) is 11.0. The average molecular weight is 301 g/mol. The van der Waals surface area contributed by atoms with E-state index >= 15 is 0 Å². The lowest BCUT2D eigenvalue weighted by molar-refractivity contribution is 0.0600. The van der Waals surface area contributed by atoms with Crippen molar-refractivity contribution >= 4 is 5.97 Å². The van der Waals surface area contributed by atoms with Crippen LogP contribution in [-0.4, -0.2) is 37.6 Å². The number of hydrogen-bond donors (Lipinski definition) is 1. The third-order valence-corrected chi connectivity index (χ3v) is 3.38. The van der Waals surface area contributed by atoms with Crippen LogP contribution in [0, 0.1) is 6.92 Å². The largest absolute Gasteiger partial charge is 0.465 e. The predicted molar refractivity (Wildman–Crippen MR) is 77.8 cm³/mol. The monoisotopic (exact) mass is 301 g/mol. The van der Waals surface area contributed by atoms with Crippen LogP contribution in [0.4, 0.5) is 0 Å². The number of nitrogens with zero attached hydrogens (tertiary/aromatic N) is 4. The summed E-state index contributed by atoms with van der Waals surface area (Å²) in [5, 5.41) is 10.5. The second-order valence-electron chi connectivity index (χ2n) is 4.94. The summed E-state index contributed by atoms with van der Waals surface area (Å²) < 4.78 is 8.32. The Hall–Kier alpha value is -2.90. The van der Waals surface area contributed by atoms with E-state index in [2.05, 4.69) is 15.3 Å². The van der Waals surface area contributed by atoms with E-state index in [1.165, 1.54) is 7.11 Å². The molecular weight excluding hydrogens is 286 g/mol. The van der Waals surface area contributed by atoms with Crippen molar-refractivity contribution < 1.29 is 9.53 Å². The molecule has 2 aliphatic heterocycles. The molecule has 3 rings (SSSR count). The molecule has 114 valence electrons. The summed E-state index contributed by atoms with van der Waals surface area (Å²) in [6.45, 7) is 3.10. The van der Waals surface area contributed by atoms with E-state index in [0.29, 0.717) is 24.3 Å². The van der Waals surface area contributed by atoms with Gasteiger partial charge in [-0.3, -0.25) is 9.48 Å². The summed E-state index contributed by atoms with van der Waals surface area (Å²) in [6.07, 6.45) is 5.18. The summed E-state index contributed by atoms with van der Waals surface area (Å²) in [7, 11) is 1.29. The van der Waals surface area contributed by atoms with Crippen molar-refractivity contribution in [3.8, 4) is 11.3 Å². The van der Waals surface area contributed by atoms with Crippen LogP contribution in [0.2, 0.25) is 0 Å². The molecule has 0 atom stereocenters. The number of hydrogen-bond acceptors (Lipinski definition) is 5. The molecule has 0 bridgehead atoms. The molecule has 1 aromatic heterocycles. The molecule has 1 N–H and O–H groups in total. The lowest BCUT2D eigenvalue weighted by Crippen LogP contribution is -2.14. The maximum Gasteiger partial charge on any atom is 0.341 e. The van der Waals surface area contributed by atoms with Gasteiger partial charge >= 0.3 is 5.97 Å². The van der Waals surface area contributed by atoms with Crippen LogP contribution in [0.1, 0.15) is 16.1 Å². The molecule has 0 unspecified atom stereocenters. The number of carbonyl (C=O) groups excluding carboxylic acids is 1. The Morgan fingerprint density at radius 2 is 2.18 bits per heavy atom. The van der Waals surface area contributed by atoms with E-state index in [0.717, 1.165) is 5.69 Å². The van der Waals surface area contributed by atoms with Gasteiger partial charge in [-0.1, -0.05) is 0 Å². The fourth-order valence-electron chi connectivity index (χ4n) is 2.28. The Morgan fingerprint density at radius 1 is 1.36 bits per heavy atom. The number of aryl methyl sites for hydroxylation is 3. The molecule has 0 spiro atoms. The van der Waals surface area contributed by atoms with E-state index < -0.39 is 5.97 Å². The van der Waals surface area contributed by atoms with Crippen molar-refractivity contribution in [2.45, 2.75) is 20.0 Å². The van der Waals surface area contributed by atoms with Gasteiger partial charge in [-0.15, -0.1) is 0 Å². The third-order valence-electron chi connectivity index (χ3n) is 3.38. The van der Waals surface area contributed by atoms with E-state index in [4.69, 9.17) is 4.74 Å². The first-order valence-electron chi connectivity index (χ1n) is 6.75. The minimum absolute atomic E-state index is 0.259. The van der Waals surface area contributed by atoms with Crippen LogP contribution in [0.5, 0.6) is 0 Å². The Labute approximate surface area is 125 Å². The number of methoxy groups -OCH3 is 1.